The van der Waals surface area contributed by atoms with Crippen LogP contribution in [0.2, 0.25) is 0 Å². The summed E-state index contributed by atoms with van der Waals surface area (Å²) >= 11 is 0. The van der Waals surface area contributed by atoms with Crippen molar-refractivity contribution in [2.45, 2.75) is 6.42 Å². The Morgan fingerprint density at radius 3 is 2.53 bits per heavy atom. The number of hydroxylamine groups is 1. The van der Waals surface area contributed by atoms with Crippen molar-refractivity contribution in [3.63, 3.8) is 0 Å². The van der Waals surface area contributed by atoms with Gasteiger partial charge < -0.3 is 10.2 Å². The highest BCUT2D eigenvalue weighted by Crippen LogP contribution is 2.09. The molecular weight excluding hydrogens is 244 g/mol. The van der Waals surface area contributed by atoms with Crippen molar-refractivity contribution >= 4 is 22.9 Å². The molecule has 0 radical (unpaired) electrons. The predicted octanol–water partition coefficient (Wildman–Crippen LogP) is -0.113. The van der Waals surface area contributed by atoms with Crippen LogP contribution in [0.1, 0.15) is 5.56 Å². The minimum Gasteiger partial charge on any atom is -0.374 e. The summed E-state index contributed by atoms with van der Waals surface area (Å²) in [5, 5.41) is 2.76. The van der Waals surface area contributed by atoms with Gasteiger partial charge in [-0.1, -0.05) is 12.1 Å². The zero-order valence-electron chi connectivity index (χ0n) is 9.09. The molecule has 0 aliphatic rings. The van der Waals surface area contributed by atoms with Gasteiger partial charge in [-0.05, 0) is 24.1 Å². The summed E-state index contributed by atoms with van der Waals surface area (Å²) in [5.74, 6) is -0.0661. The smallest absolute Gasteiger partial charge is 0.312 e. The van der Waals surface area contributed by atoms with E-state index in [1.165, 1.54) is 0 Å². The van der Waals surface area contributed by atoms with Crippen LogP contribution in [0.25, 0.3) is 0 Å². The second kappa shape index (κ2) is 7.64. The third kappa shape index (κ3) is 5.88. The lowest BCUT2D eigenvalue weighted by Crippen LogP contribution is -2.16. The molecule has 1 aromatic rings. The van der Waals surface area contributed by atoms with E-state index in [2.05, 4.69) is 15.6 Å². The Kier molecular flexibility index (Phi) is 6.05. The zero-order valence-corrected chi connectivity index (χ0v) is 9.98. The van der Waals surface area contributed by atoms with Crippen molar-refractivity contribution in [1.82, 2.24) is 5.48 Å². The monoisotopic (exact) mass is 258 g/mol. The Labute approximate surface area is 101 Å². The quantitative estimate of drug-likeness (QED) is 0.261. The van der Waals surface area contributed by atoms with Gasteiger partial charge in [-0.2, -0.15) is 5.48 Å². The molecule has 1 aromatic carbocycles. The minimum atomic E-state index is -2.42. The molecule has 0 saturated heterocycles. The lowest BCUT2D eigenvalue weighted by atomic mass is 10.1. The lowest BCUT2D eigenvalue weighted by Gasteiger charge is -2.05. The maximum atomic E-state index is 10.4. The highest BCUT2D eigenvalue weighted by atomic mass is 32.2. The third-order valence-electron chi connectivity index (χ3n) is 2.01. The molecule has 0 saturated carbocycles. The van der Waals surface area contributed by atoms with E-state index >= 15 is 0 Å². The van der Waals surface area contributed by atoms with Gasteiger partial charge in [-0.3, -0.25) is 4.79 Å². The number of thiol groups is 1. The van der Waals surface area contributed by atoms with Gasteiger partial charge >= 0.3 is 6.47 Å². The van der Waals surface area contributed by atoms with E-state index in [0.29, 0.717) is 19.4 Å². The van der Waals surface area contributed by atoms with Crippen molar-refractivity contribution < 1.29 is 18.0 Å². The Bertz CT molecular complexity index is 409. The Hall–Kier alpha value is -1.60. The van der Waals surface area contributed by atoms with Gasteiger partial charge in [0.05, 0.1) is 0 Å². The number of hydrogen-bond donors (Lipinski definition) is 3. The first kappa shape index (κ1) is 13.5. The SMILES string of the molecule is O=CONCCc1ccc(NC[SH](=O)=O)cc1. The molecular formula is C10H14N2O4S. The molecule has 7 heteroatoms. The lowest BCUT2D eigenvalue weighted by molar-refractivity contribution is -0.135. The Morgan fingerprint density at radius 1 is 1.24 bits per heavy atom. The topological polar surface area (TPSA) is 84.5 Å². The van der Waals surface area contributed by atoms with E-state index in [1.54, 1.807) is 12.1 Å². The predicted molar refractivity (Wildman–Crippen MR) is 64.1 cm³/mol. The van der Waals surface area contributed by atoms with Crippen LogP contribution < -0.4 is 10.8 Å². The van der Waals surface area contributed by atoms with Gasteiger partial charge in [-0.25, -0.2) is 8.42 Å². The molecule has 6 nitrogen and oxygen atoms in total. The maximum absolute atomic E-state index is 10.4. The number of hydrogen-bond acceptors (Lipinski definition) is 6. The van der Waals surface area contributed by atoms with Crippen LogP contribution in [-0.4, -0.2) is 27.3 Å². The highest BCUT2D eigenvalue weighted by Gasteiger charge is 1.95. The van der Waals surface area contributed by atoms with Crippen LogP contribution in [0.4, 0.5) is 5.69 Å². The fourth-order valence-electron chi connectivity index (χ4n) is 1.23. The molecule has 17 heavy (non-hydrogen) atoms. The van der Waals surface area contributed by atoms with E-state index < -0.39 is 10.7 Å². The van der Waals surface area contributed by atoms with Crippen LogP contribution in [0.3, 0.4) is 0 Å². The van der Waals surface area contributed by atoms with E-state index in [9.17, 15) is 13.2 Å². The molecule has 0 amide bonds. The van der Waals surface area contributed by atoms with Crippen molar-refractivity contribution in [2.75, 3.05) is 17.7 Å². The van der Waals surface area contributed by atoms with E-state index in [4.69, 9.17) is 0 Å². The molecule has 1 rings (SSSR count). The first-order valence-corrected chi connectivity index (χ1v) is 6.35. The summed E-state index contributed by atoms with van der Waals surface area (Å²) in [6, 6.07) is 7.36. The van der Waals surface area contributed by atoms with E-state index in [-0.39, 0.29) is 5.88 Å². The molecule has 0 atom stereocenters. The summed E-state index contributed by atoms with van der Waals surface area (Å²) in [5.41, 5.74) is 4.29. The Balaban J connectivity index is 2.36. The summed E-state index contributed by atoms with van der Waals surface area (Å²) in [7, 11) is -2.42. The first-order chi connectivity index (χ1) is 8.22. The average molecular weight is 258 g/mol. The van der Waals surface area contributed by atoms with E-state index in [0.717, 1.165) is 11.3 Å². The van der Waals surface area contributed by atoms with Crippen LogP contribution in [-0.2, 0) is 26.8 Å². The molecule has 0 aliphatic heterocycles. The number of rotatable bonds is 8. The van der Waals surface area contributed by atoms with Gasteiger partial charge in [0.15, 0.2) is 10.7 Å². The number of benzene rings is 1. The second-order valence-corrected chi connectivity index (χ2v) is 4.20. The molecule has 2 N–H and O–H groups in total. The number of carbonyl (C=O) groups is 1. The molecule has 0 unspecified atom stereocenters. The van der Waals surface area contributed by atoms with Gasteiger partial charge in [0.25, 0.3) is 0 Å². The first-order valence-electron chi connectivity index (χ1n) is 4.99. The highest BCUT2D eigenvalue weighted by molar-refractivity contribution is 7.72. The molecule has 0 spiro atoms. The van der Waals surface area contributed by atoms with Crippen LogP contribution in [0, 0.1) is 0 Å². The Morgan fingerprint density at radius 2 is 1.94 bits per heavy atom. The zero-order chi connectivity index (χ0) is 12.5. The summed E-state index contributed by atoms with van der Waals surface area (Å²) in [6.45, 7) is 0.856. The number of nitrogens with one attached hydrogen (secondary N) is 2. The van der Waals surface area contributed by atoms with Crippen molar-refractivity contribution in [3.05, 3.63) is 29.8 Å². The standard InChI is InChI=1S/C10H14N2O4S/c13-8-16-12-6-5-9-1-3-10(4-2-9)11-7-17(14)15/h1-4,8,11-12,17H,5-7H2. The molecule has 0 heterocycles. The summed E-state index contributed by atoms with van der Waals surface area (Å²) in [4.78, 5) is 14.2. The maximum Gasteiger partial charge on any atom is 0.312 e. The normalized spacial score (nSPS) is 10.2. The van der Waals surface area contributed by atoms with Gasteiger partial charge in [-0.15, -0.1) is 0 Å². The molecule has 0 aromatic heterocycles. The number of anilines is 1. The van der Waals surface area contributed by atoms with Gasteiger partial charge in [0.1, 0.15) is 5.88 Å². The third-order valence-corrected chi connectivity index (χ3v) is 2.43. The van der Waals surface area contributed by atoms with Crippen molar-refractivity contribution in [3.8, 4) is 0 Å². The number of carbonyl (C=O) groups excluding carboxylic acids is 1. The minimum absolute atomic E-state index is 0.0661. The largest absolute Gasteiger partial charge is 0.374 e. The summed E-state index contributed by atoms with van der Waals surface area (Å²) in [6.07, 6.45) is 0.712. The second-order valence-electron chi connectivity index (χ2n) is 3.22. The average Bonchev–Trinajstić information content (AvgIpc) is 2.33. The summed E-state index contributed by atoms with van der Waals surface area (Å²) < 4.78 is 20.7. The van der Waals surface area contributed by atoms with Crippen molar-refractivity contribution in [2.24, 2.45) is 0 Å². The van der Waals surface area contributed by atoms with Crippen LogP contribution >= 0.6 is 0 Å². The van der Waals surface area contributed by atoms with Crippen molar-refractivity contribution in [1.29, 1.82) is 0 Å². The fourth-order valence-corrected chi connectivity index (χ4v) is 1.55. The van der Waals surface area contributed by atoms with Crippen LogP contribution in [0.15, 0.2) is 24.3 Å². The van der Waals surface area contributed by atoms with Gasteiger partial charge in [0, 0.05) is 12.2 Å². The van der Waals surface area contributed by atoms with Crippen LogP contribution in [0.5, 0.6) is 0 Å². The molecule has 94 valence electrons. The van der Waals surface area contributed by atoms with E-state index in [1.807, 2.05) is 12.1 Å². The molecule has 0 fully saturated rings. The molecule has 0 bridgehead atoms. The molecule has 0 aliphatic carbocycles. The fraction of sp³-hybridized carbons (Fsp3) is 0.300. The van der Waals surface area contributed by atoms with Gasteiger partial charge in [0.2, 0.25) is 0 Å².